The van der Waals surface area contributed by atoms with E-state index in [0.29, 0.717) is 5.82 Å². The van der Waals surface area contributed by atoms with Crippen molar-refractivity contribution in [3.8, 4) is 0 Å². The van der Waals surface area contributed by atoms with Crippen LogP contribution in [-0.4, -0.2) is 28.5 Å². The lowest BCUT2D eigenvalue weighted by Crippen LogP contribution is -2.33. The van der Waals surface area contributed by atoms with Crippen molar-refractivity contribution in [2.45, 2.75) is 53.0 Å². The van der Waals surface area contributed by atoms with Gasteiger partial charge in [-0.3, -0.25) is 4.79 Å². The molecule has 0 saturated carbocycles. The van der Waals surface area contributed by atoms with Crippen LogP contribution >= 0.6 is 0 Å². The van der Waals surface area contributed by atoms with Gasteiger partial charge in [-0.15, -0.1) is 0 Å². The van der Waals surface area contributed by atoms with Gasteiger partial charge in [0.25, 0.3) is 0 Å². The molecular weight excluding hydrogens is 254 g/mol. The molecule has 1 heterocycles. The highest BCUT2D eigenvalue weighted by Gasteiger charge is 2.22. The lowest BCUT2D eigenvalue weighted by Gasteiger charge is -2.22. The number of amides is 1. The van der Waals surface area contributed by atoms with Crippen LogP contribution in [0.1, 0.15) is 46.0 Å². The van der Waals surface area contributed by atoms with Gasteiger partial charge in [-0.05, 0) is 20.8 Å². The van der Waals surface area contributed by atoms with E-state index in [2.05, 4.69) is 41.4 Å². The Balaban J connectivity index is 3.27. The molecule has 0 aliphatic rings. The Morgan fingerprint density at radius 2 is 1.85 bits per heavy atom. The van der Waals surface area contributed by atoms with Gasteiger partial charge in [-0.1, -0.05) is 20.8 Å². The highest BCUT2D eigenvalue weighted by atomic mass is 16.1. The van der Waals surface area contributed by atoms with Crippen molar-refractivity contribution in [2.75, 3.05) is 17.2 Å². The number of nitrogens with one attached hydrogen (secondary N) is 2. The highest BCUT2D eigenvalue weighted by molar-refractivity contribution is 5.82. The van der Waals surface area contributed by atoms with E-state index < -0.39 is 11.9 Å². The first kappa shape index (κ1) is 16.2. The summed E-state index contributed by atoms with van der Waals surface area (Å²) in [5.41, 5.74) is 6.00. The molecule has 0 aliphatic carbocycles. The minimum atomic E-state index is -0.481. The van der Waals surface area contributed by atoms with E-state index in [1.807, 2.05) is 13.8 Å². The zero-order chi connectivity index (χ0) is 15.5. The van der Waals surface area contributed by atoms with Crippen molar-refractivity contribution in [2.24, 2.45) is 5.73 Å². The third kappa shape index (κ3) is 3.82. The fourth-order valence-electron chi connectivity index (χ4n) is 1.61. The Kier molecular flexibility index (Phi) is 4.92. The number of carbonyl (C=O) groups excluding carboxylic acids is 1. The Morgan fingerprint density at radius 3 is 2.30 bits per heavy atom. The number of hydrogen-bond donors (Lipinski definition) is 3. The summed E-state index contributed by atoms with van der Waals surface area (Å²) in [5, 5.41) is 6.28. The van der Waals surface area contributed by atoms with Gasteiger partial charge < -0.3 is 16.4 Å². The Labute approximate surface area is 120 Å². The SMILES string of the molecule is CCNc1nc(C(C)(C)C)nc(NC(C)C(N)=O)c1C. The highest BCUT2D eigenvalue weighted by Crippen LogP contribution is 2.26. The van der Waals surface area contributed by atoms with Gasteiger partial charge in [-0.25, -0.2) is 9.97 Å². The van der Waals surface area contributed by atoms with Crippen LogP contribution in [0.4, 0.5) is 11.6 Å². The molecule has 0 bridgehead atoms. The number of anilines is 2. The van der Waals surface area contributed by atoms with Crippen molar-refractivity contribution in [3.63, 3.8) is 0 Å². The number of nitrogens with zero attached hydrogens (tertiary/aromatic N) is 2. The second-order valence-electron chi connectivity index (χ2n) is 5.92. The van der Waals surface area contributed by atoms with Gasteiger partial charge in [0.15, 0.2) is 0 Å². The first-order chi connectivity index (χ1) is 9.16. The fourth-order valence-corrected chi connectivity index (χ4v) is 1.61. The van der Waals surface area contributed by atoms with E-state index in [4.69, 9.17) is 5.73 Å². The molecule has 1 aromatic heterocycles. The number of rotatable bonds is 5. The molecule has 6 nitrogen and oxygen atoms in total. The minimum absolute atomic E-state index is 0.176. The van der Waals surface area contributed by atoms with Crippen molar-refractivity contribution in [3.05, 3.63) is 11.4 Å². The quantitative estimate of drug-likeness (QED) is 0.764. The summed E-state index contributed by atoms with van der Waals surface area (Å²) in [6.45, 7) is 12.6. The van der Waals surface area contributed by atoms with Crippen LogP contribution in [0.2, 0.25) is 0 Å². The molecule has 1 unspecified atom stereocenters. The number of primary amides is 1. The molecule has 0 aromatic carbocycles. The predicted molar refractivity (Wildman–Crippen MR) is 81.9 cm³/mol. The van der Waals surface area contributed by atoms with Crippen molar-refractivity contribution < 1.29 is 4.79 Å². The molecule has 4 N–H and O–H groups in total. The first-order valence-corrected chi connectivity index (χ1v) is 6.85. The van der Waals surface area contributed by atoms with E-state index in [1.54, 1.807) is 6.92 Å². The fraction of sp³-hybridized carbons (Fsp3) is 0.643. The molecule has 6 heteroatoms. The summed E-state index contributed by atoms with van der Waals surface area (Å²) in [6, 6.07) is -0.481. The van der Waals surface area contributed by atoms with Crippen LogP contribution in [0, 0.1) is 6.92 Å². The second-order valence-corrected chi connectivity index (χ2v) is 5.92. The van der Waals surface area contributed by atoms with Gasteiger partial charge >= 0.3 is 0 Å². The summed E-state index contributed by atoms with van der Waals surface area (Å²) in [6.07, 6.45) is 0. The Bertz CT molecular complexity index is 493. The average molecular weight is 279 g/mol. The van der Waals surface area contributed by atoms with Gasteiger partial charge in [-0.2, -0.15) is 0 Å². The standard InChI is InChI=1S/C14H25N5O/c1-7-16-11-8(2)12(17-9(3)10(15)20)19-13(18-11)14(4,5)6/h9H,7H2,1-6H3,(H2,15,20)(H2,16,17,18,19). The molecule has 0 spiro atoms. The molecule has 1 amide bonds. The molecule has 0 saturated heterocycles. The molecule has 0 radical (unpaired) electrons. The number of aromatic nitrogens is 2. The number of carbonyl (C=O) groups is 1. The van der Waals surface area contributed by atoms with Gasteiger partial charge in [0, 0.05) is 17.5 Å². The molecule has 20 heavy (non-hydrogen) atoms. The molecule has 1 atom stereocenters. The van der Waals surface area contributed by atoms with Gasteiger partial charge in [0.1, 0.15) is 23.5 Å². The summed E-state index contributed by atoms with van der Waals surface area (Å²) in [7, 11) is 0. The normalized spacial score (nSPS) is 12.9. The lowest BCUT2D eigenvalue weighted by atomic mass is 9.95. The van der Waals surface area contributed by atoms with Gasteiger partial charge in [0.05, 0.1) is 0 Å². The van der Waals surface area contributed by atoms with Crippen molar-refractivity contribution in [1.29, 1.82) is 0 Å². The second kappa shape index (κ2) is 6.07. The number of hydrogen-bond acceptors (Lipinski definition) is 5. The summed E-state index contributed by atoms with van der Waals surface area (Å²) < 4.78 is 0. The van der Waals surface area contributed by atoms with E-state index in [1.165, 1.54) is 0 Å². The van der Waals surface area contributed by atoms with Crippen LogP contribution in [0.15, 0.2) is 0 Å². The summed E-state index contributed by atoms with van der Waals surface area (Å²) in [4.78, 5) is 20.3. The molecule has 1 aromatic rings. The maximum absolute atomic E-state index is 11.2. The molecule has 0 aliphatic heterocycles. The summed E-state index contributed by atoms with van der Waals surface area (Å²) in [5.74, 6) is 1.74. The molecule has 0 fully saturated rings. The monoisotopic (exact) mass is 279 g/mol. The molecule has 1 rings (SSSR count). The third-order valence-corrected chi connectivity index (χ3v) is 2.94. The van der Waals surface area contributed by atoms with Crippen molar-refractivity contribution in [1.82, 2.24) is 9.97 Å². The van der Waals surface area contributed by atoms with E-state index >= 15 is 0 Å². The average Bonchev–Trinajstić information content (AvgIpc) is 2.32. The largest absolute Gasteiger partial charge is 0.370 e. The van der Waals surface area contributed by atoms with Crippen LogP contribution in [0.5, 0.6) is 0 Å². The summed E-state index contributed by atoms with van der Waals surface area (Å²) >= 11 is 0. The van der Waals surface area contributed by atoms with Crippen LogP contribution in [0.25, 0.3) is 0 Å². The van der Waals surface area contributed by atoms with Crippen molar-refractivity contribution >= 4 is 17.5 Å². The Morgan fingerprint density at radius 1 is 1.30 bits per heavy atom. The van der Waals surface area contributed by atoms with Crippen LogP contribution < -0.4 is 16.4 Å². The third-order valence-electron chi connectivity index (χ3n) is 2.94. The molecule has 112 valence electrons. The topological polar surface area (TPSA) is 92.9 Å². The predicted octanol–water partition coefficient (Wildman–Crippen LogP) is 1.80. The number of nitrogens with two attached hydrogens (primary N) is 1. The molecular formula is C14H25N5O. The maximum Gasteiger partial charge on any atom is 0.239 e. The minimum Gasteiger partial charge on any atom is -0.370 e. The van der Waals surface area contributed by atoms with E-state index in [0.717, 1.165) is 23.8 Å². The smallest absolute Gasteiger partial charge is 0.239 e. The zero-order valence-corrected chi connectivity index (χ0v) is 13.2. The van der Waals surface area contributed by atoms with Gasteiger partial charge in [0.2, 0.25) is 5.91 Å². The van der Waals surface area contributed by atoms with E-state index in [9.17, 15) is 4.79 Å². The zero-order valence-electron chi connectivity index (χ0n) is 13.2. The van der Waals surface area contributed by atoms with E-state index in [-0.39, 0.29) is 5.41 Å². The van der Waals surface area contributed by atoms with Crippen LogP contribution in [0.3, 0.4) is 0 Å². The Hall–Kier alpha value is -1.85. The first-order valence-electron chi connectivity index (χ1n) is 6.85. The maximum atomic E-state index is 11.2. The van der Waals surface area contributed by atoms with Crippen LogP contribution in [-0.2, 0) is 10.2 Å². The lowest BCUT2D eigenvalue weighted by molar-refractivity contribution is -0.118.